The molecule has 0 aliphatic carbocycles. The molecule has 1 aromatic heterocycles. The van der Waals surface area contributed by atoms with Crippen molar-refractivity contribution in [2.24, 2.45) is 7.05 Å². The number of amides is 1. The maximum absolute atomic E-state index is 13.1. The van der Waals surface area contributed by atoms with Crippen molar-refractivity contribution in [3.63, 3.8) is 0 Å². The van der Waals surface area contributed by atoms with Crippen molar-refractivity contribution >= 4 is 27.8 Å². The second kappa shape index (κ2) is 6.04. The van der Waals surface area contributed by atoms with Gasteiger partial charge >= 0.3 is 5.97 Å². The van der Waals surface area contributed by atoms with Crippen molar-refractivity contribution in [2.75, 3.05) is 0 Å². The Kier molecular flexibility index (Phi) is 4.37. The van der Waals surface area contributed by atoms with Crippen molar-refractivity contribution in [3.8, 4) is 0 Å². The minimum atomic E-state index is -1.23. The van der Waals surface area contributed by atoms with Crippen LogP contribution in [0, 0.1) is 5.82 Å². The van der Waals surface area contributed by atoms with Gasteiger partial charge in [0, 0.05) is 24.4 Å². The van der Waals surface area contributed by atoms with E-state index in [4.69, 9.17) is 0 Å². The molecule has 0 aliphatic rings. The van der Waals surface area contributed by atoms with Crippen LogP contribution in [-0.2, 0) is 11.8 Å². The number of aryl methyl sites for hydroxylation is 1. The van der Waals surface area contributed by atoms with Crippen LogP contribution in [-0.4, -0.2) is 26.8 Å². The first-order valence-electron chi connectivity index (χ1n) is 5.85. The molecule has 0 aliphatic heterocycles. The van der Waals surface area contributed by atoms with Crippen LogP contribution in [0.5, 0.6) is 0 Å². The van der Waals surface area contributed by atoms with Crippen LogP contribution in [0.3, 0.4) is 0 Å². The normalized spacial score (nSPS) is 12.0. The van der Waals surface area contributed by atoms with Gasteiger partial charge in [0.25, 0.3) is 5.91 Å². The monoisotopic (exact) mass is 355 g/mol. The quantitative estimate of drug-likeness (QED) is 0.876. The van der Waals surface area contributed by atoms with Gasteiger partial charge in [-0.25, -0.2) is 9.18 Å². The Balaban J connectivity index is 2.22. The number of aliphatic carboxylic acids is 1. The molecule has 0 bridgehead atoms. The number of benzene rings is 1. The maximum atomic E-state index is 13.1. The van der Waals surface area contributed by atoms with Gasteiger partial charge in [-0.1, -0.05) is 0 Å². The average Bonchev–Trinajstić information content (AvgIpc) is 2.84. The molecule has 1 atom stereocenters. The number of rotatable bonds is 4. The fourth-order valence-electron chi connectivity index (χ4n) is 1.73. The molecular weight excluding hydrogens is 345 g/mol. The van der Waals surface area contributed by atoms with Gasteiger partial charge in [-0.05, 0) is 34.1 Å². The molecule has 6 nitrogen and oxygen atoms in total. The molecule has 2 N–H and O–H groups in total. The Morgan fingerprint density at radius 1 is 1.48 bits per heavy atom. The van der Waals surface area contributed by atoms with Gasteiger partial charge in [0.15, 0.2) is 6.04 Å². The molecule has 1 amide bonds. The van der Waals surface area contributed by atoms with Crippen LogP contribution in [0.25, 0.3) is 0 Å². The van der Waals surface area contributed by atoms with E-state index in [1.54, 1.807) is 7.05 Å². The number of aromatic nitrogens is 2. The smallest absolute Gasteiger partial charge is 0.331 e. The number of carboxylic acid groups (broad SMARTS) is 1. The molecule has 21 heavy (non-hydrogen) atoms. The SMILES string of the molecule is Cn1cc(C(NC(=O)c2ccc(F)c(Br)c2)C(=O)O)cn1. The average molecular weight is 356 g/mol. The second-order valence-corrected chi connectivity index (χ2v) is 5.18. The summed E-state index contributed by atoms with van der Waals surface area (Å²) in [5, 5.41) is 15.5. The van der Waals surface area contributed by atoms with Crippen LogP contribution in [0.4, 0.5) is 4.39 Å². The molecule has 0 saturated carbocycles. The Morgan fingerprint density at radius 2 is 2.19 bits per heavy atom. The zero-order valence-electron chi connectivity index (χ0n) is 10.9. The summed E-state index contributed by atoms with van der Waals surface area (Å²) in [4.78, 5) is 23.3. The third-order valence-corrected chi connectivity index (χ3v) is 3.37. The highest BCUT2D eigenvalue weighted by molar-refractivity contribution is 9.10. The highest BCUT2D eigenvalue weighted by atomic mass is 79.9. The lowest BCUT2D eigenvalue weighted by molar-refractivity contribution is -0.139. The van der Waals surface area contributed by atoms with Gasteiger partial charge in [0.2, 0.25) is 0 Å². The lowest BCUT2D eigenvalue weighted by atomic mass is 10.1. The third kappa shape index (κ3) is 3.46. The molecule has 0 spiro atoms. The van der Waals surface area contributed by atoms with Crippen molar-refractivity contribution in [3.05, 3.63) is 52.0 Å². The Bertz CT molecular complexity index is 702. The number of halogens is 2. The highest BCUT2D eigenvalue weighted by Gasteiger charge is 2.24. The van der Waals surface area contributed by atoms with E-state index in [0.717, 1.165) is 6.07 Å². The molecule has 8 heteroatoms. The van der Waals surface area contributed by atoms with Gasteiger partial charge in [0.05, 0.1) is 10.7 Å². The van der Waals surface area contributed by atoms with Crippen molar-refractivity contribution in [1.29, 1.82) is 0 Å². The van der Waals surface area contributed by atoms with Crippen LogP contribution in [0.1, 0.15) is 22.0 Å². The maximum Gasteiger partial charge on any atom is 0.331 e. The zero-order valence-corrected chi connectivity index (χ0v) is 12.5. The summed E-state index contributed by atoms with van der Waals surface area (Å²) in [6, 6.07) is 2.46. The largest absolute Gasteiger partial charge is 0.479 e. The standard InChI is InChI=1S/C13H11BrFN3O3/c1-18-6-8(5-16-18)11(13(20)21)17-12(19)7-2-3-10(15)9(14)4-7/h2-6,11H,1H3,(H,17,19)(H,20,21). The van der Waals surface area contributed by atoms with E-state index >= 15 is 0 Å². The minimum Gasteiger partial charge on any atom is -0.479 e. The number of carbonyl (C=O) groups is 2. The topological polar surface area (TPSA) is 84.2 Å². The first kappa shape index (κ1) is 15.2. The molecule has 0 radical (unpaired) electrons. The molecule has 0 fully saturated rings. The zero-order chi connectivity index (χ0) is 15.6. The van der Waals surface area contributed by atoms with Gasteiger partial charge in [-0.15, -0.1) is 0 Å². The van der Waals surface area contributed by atoms with E-state index in [-0.39, 0.29) is 10.0 Å². The molecule has 1 aromatic carbocycles. The number of hydrogen-bond acceptors (Lipinski definition) is 3. The summed E-state index contributed by atoms with van der Waals surface area (Å²) in [7, 11) is 1.64. The minimum absolute atomic E-state index is 0.128. The van der Waals surface area contributed by atoms with E-state index in [1.165, 1.54) is 29.2 Å². The summed E-state index contributed by atoms with van der Waals surface area (Å²) in [5.41, 5.74) is 0.498. The summed E-state index contributed by atoms with van der Waals surface area (Å²) in [6.07, 6.45) is 2.86. The number of nitrogens with one attached hydrogen (secondary N) is 1. The molecular formula is C13H11BrFN3O3. The van der Waals surface area contributed by atoms with Gasteiger partial charge < -0.3 is 10.4 Å². The Morgan fingerprint density at radius 3 is 2.71 bits per heavy atom. The fraction of sp³-hybridized carbons (Fsp3) is 0.154. The lowest BCUT2D eigenvalue weighted by Gasteiger charge is -2.13. The van der Waals surface area contributed by atoms with E-state index in [9.17, 15) is 19.1 Å². The van der Waals surface area contributed by atoms with Crippen molar-refractivity contribution in [2.45, 2.75) is 6.04 Å². The number of nitrogens with zero attached hydrogens (tertiary/aromatic N) is 2. The Hall–Kier alpha value is -2.22. The van der Waals surface area contributed by atoms with Crippen molar-refractivity contribution < 1.29 is 19.1 Å². The van der Waals surface area contributed by atoms with Crippen LogP contribution in [0.15, 0.2) is 35.1 Å². The lowest BCUT2D eigenvalue weighted by Crippen LogP contribution is -2.33. The molecule has 1 heterocycles. The van der Waals surface area contributed by atoms with E-state index in [2.05, 4.69) is 26.3 Å². The van der Waals surface area contributed by atoms with Gasteiger partial charge in [-0.3, -0.25) is 9.48 Å². The molecule has 1 unspecified atom stereocenters. The summed E-state index contributed by atoms with van der Waals surface area (Å²) in [6.45, 7) is 0. The van der Waals surface area contributed by atoms with E-state index in [0.29, 0.717) is 5.56 Å². The Labute approximate surface area is 127 Å². The van der Waals surface area contributed by atoms with E-state index < -0.39 is 23.7 Å². The molecule has 2 aromatic rings. The highest BCUT2D eigenvalue weighted by Crippen LogP contribution is 2.18. The third-order valence-electron chi connectivity index (χ3n) is 2.76. The number of carbonyl (C=O) groups excluding carboxylic acids is 1. The first-order chi connectivity index (χ1) is 9.88. The molecule has 2 rings (SSSR count). The summed E-state index contributed by atoms with van der Waals surface area (Å²) < 4.78 is 14.7. The first-order valence-corrected chi connectivity index (χ1v) is 6.65. The molecule has 0 saturated heterocycles. The number of carboxylic acids is 1. The van der Waals surface area contributed by atoms with Gasteiger partial charge in [-0.2, -0.15) is 5.10 Å². The predicted octanol–water partition coefficient (Wildman–Crippen LogP) is 1.88. The van der Waals surface area contributed by atoms with E-state index in [1.807, 2.05) is 0 Å². The van der Waals surface area contributed by atoms with Crippen molar-refractivity contribution in [1.82, 2.24) is 15.1 Å². The van der Waals surface area contributed by atoms with Gasteiger partial charge in [0.1, 0.15) is 5.82 Å². The summed E-state index contributed by atoms with van der Waals surface area (Å²) >= 11 is 2.97. The predicted molar refractivity (Wildman–Crippen MR) is 75.2 cm³/mol. The number of hydrogen-bond donors (Lipinski definition) is 2. The molecule has 110 valence electrons. The second-order valence-electron chi connectivity index (χ2n) is 4.32. The summed E-state index contributed by atoms with van der Waals surface area (Å²) in [5.74, 6) is -2.34. The van der Waals surface area contributed by atoms with Crippen LogP contribution >= 0.6 is 15.9 Å². The fourth-order valence-corrected chi connectivity index (χ4v) is 2.11. The van der Waals surface area contributed by atoms with Crippen LogP contribution in [0.2, 0.25) is 0 Å². The van der Waals surface area contributed by atoms with Crippen LogP contribution < -0.4 is 5.32 Å².